The number of hydrogen-bond acceptors (Lipinski definition) is 7. The predicted molar refractivity (Wildman–Crippen MR) is 73.8 cm³/mol. The van der Waals surface area contributed by atoms with E-state index in [0.29, 0.717) is 0 Å². The fourth-order valence-corrected chi connectivity index (χ4v) is 1.93. The van der Waals surface area contributed by atoms with Crippen LogP contribution >= 0.6 is 0 Å². The second-order valence-corrected chi connectivity index (χ2v) is 4.10. The van der Waals surface area contributed by atoms with Gasteiger partial charge in [0.25, 0.3) is 0 Å². The van der Waals surface area contributed by atoms with Crippen LogP contribution in [-0.2, 0) is 9.47 Å². The first kappa shape index (κ1) is 15.4. The summed E-state index contributed by atoms with van der Waals surface area (Å²) in [6, 6.07) is 2.85. The number of imidazole rings is 1. The predicted octanol–water partition coefficient (Wildman–Crippen LogP) is 1.60. The van der Waals surface area contributed by atoms with Crippen molar-refractivity contribution in [3.8, 4) is 0 Å². The van der Waals surface area contributed by atoms with Gasteiger partial charge in [-0.25, -0.2) is 9.59 Å². The minimum absolute atomic E-state index is 0.0306. The van der Waals surface area contributed by atoms with Crippen LogP contribution in [0.4, 0.5) is 5.82 Å². The number of ether oxygens (including phenoxy) is 2. The summed E-state index contributed by atoms with van der Waals surface area (Å²) in [4.78, 5) is 38.1. The molecule has 0 radical (unpaired) electrons. The van der Waals surface area contributed by atoms with Gasteiger partial charge in [0.2, 0.25) is 11.3 Å². The maximum atomic E-state index is 11.9. The van der Waals surface area contributed by atoms with Crippen molar-refractivity contribution >= 4 is 23.4 Å². The second-order valence-electron chi connectivity index (χ2n) is 4.10. The number of pyridine rings is 1. The van der Waals surface area contributed by atoms with Crippen LogP contribution in [0.2, 0.25) is 0 Å². The van der Waals surface area contributed by atoms with Gasteiger partial charge in [-0.3, -0.25) is 0 Å². The summed E-state index contributed by atoms with van der Waals surface area (Å²) >= 11 is 0. The standard InChI is InChI=1S/C13H13N3O6/c1-3-21-12(17)8-6-5-7-15-10(8)14-9(11(15)16(19)20)13(18)22-4-2/h5-7H,3-4H2,1-2H3. The number of esters is 2. The van der Waals surface area contributed by atoms with Crippen LogP contribution in [0.3, 0.4) is 0 Å². The Labute approximate surface area is 124 Å². The molecule has 0 unspecified atom stereocenters. The first-order chi connectivity index (χ1) is 10.5. The van der Waals surface area contributed by atoms with E-state index in [9.17, 15) is 19.7 Å². The molecule has 9 heteroatoms. The zero-order chi connectivity index (χ0) is 16.3. The summed E-state index contributed by atoms with van der Waals surface area (Å²) in [7, 11) is 0. The molecular weight excluding hydrogens is 294 g/mol. The number of fused-ring (bicyclic) bond motifs is 1. The summed E-state index contributed by atoms with van der Waals surface area (Å²) in [5.74, 6) is -2.16. The number of nitrogens with zero attached hydrogens (tertiary/aromatic N) is 3. The highest BCUT2D eigenvalue weighted by molar-refractivity contribution is 5.98. The van der Waals surface area contributed by atoms with Crippen LogP contribution in [-0.4, -0.2) is 39.5 Å². The highest BCUT2D eigenvalue weighted by Crippen LogP contribution is 2.24. The lowest BCUT2D eigenvalue weighted by Crippen LogP contribution is -2.08. The van der Waals surface area contributed by atoms with E-state index in [-0.39, 0.29) is 24.4 Å². The number of nitro groups is 1. The van der Waals surface area contributed by atoms with E-state index in [1.165, 1.54) is 18.3 Å². The monoisotopic (exact) mass is 307 g/mol. The third-order valence-electron chi connectivity index (χ3n) is 2.76. The number of carbonyl (C=O) groups is 2. The van der Waals surface area contributed by atoms with Gasteiger partial charge in [-0.05, 0) is 30.9 Å². The van der Waals surface area contributed by atoms with Crippen molar-refractivity contribution in [3.05, 3.63) is 39.7 Å². The molecule has 2 aromatic rings. The topological polar surface area (TPSA) is 113 Å². The Bertz CT molecular complexity index is 752. The molecule has 0 aliphatic rings. The third-order valence-corrected chi connectivity index (χ3v) is 2.76. The van der Waals surface area contributed by atoms with Crippen LogP contribution < -0.4 is 0 Å². The molecule has 2 rings (SSSR count). The van der Waals surface area contributed by atoms with Gasteiger partial charge in [0.05, 0.1) is 19.4 Å². The summed E-state index contributed by atoms with van der Waals surface area (Å²) in [6.07, 6.45) is 1.34. The lowest BCUT2D eigenvalue weighted by atomic mass is 10.3. The Kier molecular flexibility index (Phi) is 4.35. The first-order valence-corrected chi connectivity index (χ1v) is 6.50. The van der Waals surface area contributed by atoms with Gasteiger partial charge in [0.15, 0.2) is 0 Å². The Balaban J connectivity index is 2.70. The molecule has 2 aromatic heterocycles. The Hall–Kier alpha value is -2.97. The summed E-state index contributed by atoms with van der Waals surface area (Å²) < 4.78 is 10.7. The maximum Gasteiger partial charge on any atom is 0.365 e. The number of hydrogen-bond donors (Lipinski definition) is 0. The van der Waals surface area contributed by atoms with E-state index >= 15 is 0 Å². The Morgan fingerprint density at radius 1 is 1.27 bits per heavy atom. The molecule has 0 saturated carbocycles. The lowest BCUT2D eigenvalue weighted by Gasteiger charge is -2.00. The molecule has 0 atom stereocenters. The average molecular weight is 307 g/mol. The Morgan fingerprint density at radius 3 is 2.50 bits per heavy atom. The van der Waals surface area contributed by atoms with Crippen molar-refractivity contribution < 1.29 is 24.0 Å². The fraction of sp³-hybridized carbons (Fsp3) is 0.308. The lowest BCUT2D eigenvalue weighted by molar-refractivity contribution is -0.390. The smallest absolute Gasteiger partial charge is 0.365 e. The average Bonchev–Trinajstić information content (AvgIpc) is 2.87. The molecule has 0 aromatic carbocycles. The quantitative estimate of drug-likeness (QED) is 0.468. The number of rotatable bonds is 5. The molecule has 2 heterocycles. The SMILES string of the molecule is CCOC(=O)c1nc2c(C(=O)OCC)cccn2c1[N+](=O)[O-]. The largest absolute Gasteiger partial charge is 0.462 e. The molecule has 9 nitrogen and oxygen atoms in total. The molecule has 22 heavy (non-hydrogen) atoms. The maximum absolute atomic E-state index is 11.9. The molecule has 0 aliphatic carbocycles. The van der Waals surface area contributed by atoms with E-state index < -0.39 is 28.4 Å². The van der Waals surface area contributed by atoms with Crippen LogP contribution in [0.25, 0.3) is 5.65 Å². The van der Waals surface area contributed by atoms with Crippen molar-refractivity contribution in [3.63, 3.8) is 0 Å². The molecule has 0 N–H and O–H groups in total. The molecular formula is C13H13N3O6. The van der Waals surface area contributed by atoms with Crippen LogP contribution in [0.15, 0.2) is 18.3 Å². The van der Waals surface area contributed by atoms with Gasteiger partial charge in [0, 0.05) is 0 Å². The van der Waals surface area contributed by atoms with Crippen molar-refractivity contribution in [2.45, 2.75) is 13.8 Å². The zero-order valence-corrected chi connectivity index (χ0v) is 11.9. The van der Waals surface area contributed by atoms with Gasteiger partial charge in [-0.2, -0.15) is 9.38 Å². The van der Waals surface area contributed by atoms with Gasteiger partial charge in [-0.1, -0.05) is 0 Å². The van der Waals surface area contributed by atoms with E-state index in [4.69, 9.17) is 9.47 Å². The fourth-order valence-electron chi connectivity index (χ4n) is 1.93. The van der Waals surface area contributed by atoms with Crippen molar-refractivity contribution in [1.82, 2.24) is 9.38 Å². The summed E-state index contributed by atoms with van der Waals surface area (Å²) in [5, 5.41) is 11.2. The molecule has 116 valence electrons. The minimum Gasteiger partial charge on any atom is -0.462 e. The Morgan fingerprint density at radius 2 is 1.91 bits per heavy atom. The molecule has 0 amide bonds. The molecule has 0 spiro atoms. The normalized spacial score (nSPS) is 10.5. The van der Waals surface area contributed by atoms with Gasteiger partial charge >= 0.3 is 17.8 Å². The summed E-state index contributed by atoms with van der Waals surface area (Å²) in [5.41, 5.74) is -0.456. The third kappa shape index (κ3) is 2.60. The highest BCUT2D eigenvalue weighted by atomic mass is 16.6. The minimum atomic E-state index is -0.923. The van der Waals surface area contributed by atoms with Gasteiger partial charge < -0.3 is 19.6 Å². The van der Waals surface area contributed by atoms with Gasteiger partial charge in [0.1, 0.15) is 5.56 Å². The van der Waals surface area contributed by atoms with E-state index in [1.807, 2.05) is 0 Å². The number of aromatic nitrogens is 2. The van der Waals surface area contributed by atoms with Crippen molar-refractivity contribution in [2.75, 3.05) is 13.2 Å². The highest BCUT2D eigenvalue weighted by Gasteiger charge is 2.31. The molecule has 0 aliphatic heterocycles. The van der Waals surface area contributed by atoms with Crippen LogP contribution in [0.5, 0.6) is 0 Å². The zero-order valence-electron chi connectivity index (χ0n) is 11.9. The number of carbonyl (C=O) groups excluding carboxylic acids is 2. The van der Waals surface area contributed by atoms with Crippen LogP contribution in [0.1, 0.15) is 34.7 Å². The molecule has 0 bridgehead atoms. The van der Waals surface area contributed by atoms with E-state index in [1.54, 1.807) is 13.8 Å². The molecule has 0 saturated heterocycles. The van der Waals surface area contributed by atoms with E-state index in [2.05, 4.69) is 4.98 Å². The van der Waals surface area contributed by atoms with Crippen molar-refractivity contribution in [2.24, 2.45) is 0 Å². The first-order valence-electron chi connectivity index (χ1n) is 6.50. The second kappa shape index (κ2) is 6.20. The molecule has 0 fully saturated rings. The van der Waals surface area contributed by atoms with Crippen molar-refractivity contribution in [1.29, 1.82) is 0 Å². The van der Waals surface area contributed by atoms with Gasteiger partial charge in [-0.15, -0.1) is 0 Å². The van der Waals surface area contributed by atoms with E-state index in [0.717, 1.165) is 4.40 Å². The van der Waals surface area contributed by atoms with Crippen LogP contribution in [0, 0.1) is 10.1 Å². The summed E-state index contributed by atoms with van der Waals surface area (Å²) in [6.45, 7) is 3.40.